The highest BCUT2D eigenvalue weighted by Gasteiger charge is 2.26. The second-order valence-corrected chi connectivity index (χ2v) is 4.52. The zero-order valence-electron chi connectivity index (χ0n) is 10.7. The first-order valence-corrected chi connectivity index (χ1v) is 6.13. The molecule has 1 aliphatic heterocycles. The molecule has 0 saturated heterocycles. The van der Waals surface area contributed by atoms with Gasteiger partial charge in [-0.25, -0.2) is 4.79 Å². The summed E-state index contributed by atoms with van der Waals surface area (Å²) in [5, 5.41) is 20.1. The molecule has 1 heterocycles. The standard InChI is InChI=1S/C16H10O5/c17-11-5-6-12-13(8-11)21-14(15(12)18)7-9-1-3-10(4-2-9)16(19)20/h1-8,17H,(H,19,20)/p-1. The average molecular weight is 281 g/mol. The van der Waals surface area contributed by atoms with Crippen molar-refractivity contribution in [2.24, 2.45) is 0 Å². The monoisotopic (exact) mass is 281 g/mol. The van der Waals surface area contributed by atoms with Crippen molar-refractivity contribution in [2.75, 3.05) is 0 Å². The van der Waals surface area contributed by atoms with Crippen LogP contribution >= 0.6 is 0 Å². The van der Waals surface area contributed by atoms with E-state index in [2.05, 4.69) is 0 Å². The Hall–Kier alpha value is -3.08. The third kappa shape index (κ3) is 2.36. The maximum atomic E-state index is 12.1. The highest BCUT2D eigenvalue weighted by Crippen LogP contribution is 2.33. The zero-order chi connectivity index (χ0) is 15.0. The van der Waals surface area contributed by atoms with Crippen LogP contribution in [0.15, 0.2) is 48.2 Å². The lowest BCUT2D eigenvalue weighted by molar-refractivity contribution is -0.268. The van der Waals surface area contributed by atoms with Gasteiger partial charge in [-0.15, -0.1) is 5.75 Å². The van der Waals surface area contributed by atoms with Crippen molar-refractivity contribution < 1.29 is 24.5 Å². The Morgan fingerprint density at radius 3 is 2.52 bits per heavy atom. The maximum Gasteiger partial charge on any atom is 0.335 e. The SMILES string of the molecule is O=C(O)c1ccc(C=C2Oc3cc([O-])ccc3C2=O)cc1. The topological polar surface area (TPSA) is 86.7 Å². The molecule has 0 atom stereocenters. The normalized spacial score (nSPS) is 14.9. The molecule has 5 nitrogen and oxygen atoms in total. The molecule has 5 heteroatoms. The fourth-order valence-corrected chi connectivity index (χ4v) is 2.04. The molecule has 0 fully saturated rings. The van der Waals surface area contributed by atoms with E-state index >= 15 is 0 Å². The molecule has 3 rings (SSSR count). The van der Waals surface area contributed by atoms with Crippen molar-refractivity contribution in [1.82, 2.24) is 0 Å². The van der Waals surface area contributed by atoms with Crippen LogP contribution in [0.5, 0.6) is 11.5 Å². The van der Waals surface area contributed by atoms with Crippen LogP contribution in [0.2, 0.25) is 0 Å². The number of ether oxygens (including phenoxy) is 1. The molecule has 0 bridgehead atoms. The molecular formula is C16H9O5-. The number of carbonyl (C=O) groups is 2. The largest absolute Gasteiger partial charge is 0.872 e. The van der Waals surface area contributed by atoms with Crippen LogP contribution in [-0.4, -0.2) is 16.9 Å². The number of carboxylic acids is 1. The number of carboxylic acid groups (broad SMARTS) is 1. The predicted octanol–water partition coefficient (Wildman–Crippen LogP) is 2.07. The first-order chi connectivity index (χ1) is 10.0. The number of aromatic carboxylic acids is 1. The van der Waals surface area contributed by atoms with E-state index in [1.807, 2.05) is 0 Å². The Labute approximate surface area is 119 Å². The summed E-state index contributed by atoms with van der Waals surface area (Å²) >= 11 is 0. The van der Waals surface area contributed by atoms with Crippen LogP contribution in [0.25, 0.3) is 6.08 Å². The Kier molecular flexibility index (Phi) is 2.95. The van der Waals surface area contributed by atoms with Crippen LogP contribution in [0, 0.1) is 0 Å². The molecule has 1 N–H and O–H groups in total. The fraction of sp³-hybridized carbons (Fsp3) is 0. The Morgan fingerprint density at radius 2 is 1.86 bits per heavy atom. The number of ketones is 1. The summed E-state index contributed by atoms with van der Waals surface area (Å²) in [5.41, 5.74) is 1.15. The van der Waals surface area contributed by atoms with Crippen LogP contribution in [0.3, 0.4) is 0 Å². The molecule has 0 aliphatic carbocycles. The van der Waals surface area contributed by atoms with Gasteiger partial charge in [0, 0.05) is 0 Å². The quantitative estimate of drug-likeness (QED) is 0.851. The van der Waals surface area contributed by atoms with Crippen LogP contribution in [0.1, 0.15) is 26.3 Å². The summed E-state index contributed by atoms with van der Waals surface area (Å²) in [5.74, 6) is -1.18. The number of fused-ring (bicyclic) bond motifs is 1. The Bertz CT molecular complexity index is 772. The molecule has 0 saturated carbocycles. The molecule has 2 aromatic carbocycles. The predicted molar refractivity (Wildman–Crippen MR) is 72.2 cm³/mol. The zero-order valence-corrected chi connectivity index (χ0v) is 10.7. The summed E-state index contributed by atoms with van der Waals surface area (Å²) in [6.45, 7) is 0. The second kappa shape index (κ2) is 4.79. The van der Waals surface area contributed by atoms with Crippen molar-refractivity contribution in [3.63, 3.8) is 0 Å². The van der Waals surface area contributed by atoms with Crippen molar-refractivity contribution in [3.05, 3.63) is 64.9 Å². The summed E-state index contributed by atoms with van der Waals surface area (Å²) in [7, 11) is 0. The van der Waals surface area contributed by atoms with Gasteiger partial charge in [0.25, 0.3) is 0 Å². The first-order valence-electron chi connectivity index (χ1n) is 6.13. The lowest BCUT2D eigenvalue weighted by atomic mass is 10.1. The van der Waals surface area contributed by atoms with Crippen LogP contribution in [-0.2, 0) is 0 Å². The summed E-state index contributed by atoms with van der Waals surface area (Å²) in [6.07, 6.45) is 1.51. The number of rotatable bonds is 2. The molecule has 0 aromatic heterocycles. The van der Waals surface area contributed by atoms with Gasteiger partial charge in [-0.2, -0.15) is 0 Å². The van der Waals surface area contributed by atoms with Gasteiger partial charge in [0.1, 0.15) is 5.75 Å². The van der Waals surface area contributed by atoms with Gasteiger partial charge in [-0.3, -0.25) is 4.79 Å². The highest BCUT2D eigenvalue weighted by molar-refractivity contribution is 6.14. The van der Waals surface area contributed by atoms with E-state index in [-0.39, 0.29) is 28.6 Å². The number of carbonyl (C=O) groups excluding carboxylic acids is 1. The number of hydrogen-bond donors (Lipinski definition) is 1. The summed E-state index contributed by atoms with van der Waals surface area (Å²) < 4.78 is 5.38. The van der Waals surface area contributed by atoms with E-state index < -0.39 is 5.97 Å². The van der Waals surface area contributed by atoms with Crippen LogP contribution < -0.4 is 9.84 Å². The highest BCUT2D eigenvalue weighted by atomic mass is 16.5. The van der Waals surface area contributed by atoms with Gasteiger partial charge < -0.3 is 14.9 Å². The van der Waals surface area contributed by atoms with Gasteiger partial charge in [0.2, 0.25) is 5.78 Å². The Morgan fingerprint density at radius 1 is 1.14 bits per heavy atom. The van der Waals surface area contributed by atoms with Gasteiger partial charge >= 0.3 is 5.97 Å². The summed E-state index contributed by atoms with van der Waals surface area (Å²) in [4.78, 5) is 22.9. The molecule has 0 amide bonds. The van der Waals surface area contributed by atoms with E-state index in [4.69, 9.17) is 9.84 Å². The van der Waals surface area contributed by atoms with E-state index in [1.165, 1.54) is 36.4 Å². The van der Waals surface area contributed by atoms with Crippen molar-refractivity contribution >= 4 is 17.8 Å². The van der Waals surface area contributed by atoms with Gasteiger partial charge in [-0.1, -0.05) is 18.2 Å². The lowest BCUT2D eigenvalue weighted by Gasteiger charge is -2.05. The third-order valence-corrected chi connectivity index (χ3v) is 3.10. The minimum atomic E-state index is -1.02. The van der Waals surface area contributed by atoms with Gasteiger partial charge in [0.15, 0.2) is 5.76 Å². The molecule has 0 unspecified atom stereocenters. The molecule has 104 valence electrons. The summed E-state index contributed by atoms with van der Waals surface area (Å²) in [6, 6.07) is 10.1. The van der Waals surface area contributed by atoms with Crippen molar-refractivity contribution in [1.29, 1.82) is 0 Å². The molecule has 1 aliphatic rings. The third-order valence-electron chi connectivity index (χ3n) is 3.10. The second-order valence-electron chi connectivity index (χ2n) is 4.52. The first kappa shape index (κ1) is 12.9. The van der Waals surface area contributed by atoms with E-state index in [1.54, 1.807) is 12.1 Å². The lowest BCUT2D eigenvalue weighted by Crippen LogP contribution is -1.98. The molecular weight excluding hydrogens is 272 g/mol. The maximum absolute atomic E-state index is 12.1. The van der Waals surface area contributed by atoms with Crippen molar-refractivity contribution in [3.8, 4) is 11.5 Å². The number of Topliss-reactive ketones (excluding diaryl/α,β-unsaturated/α-hetero) is 1. The van der Waals surface area contributed by atoms with Gasteiger partial charge in [-0.05, 0) is 35.9 Å². The minimum absolute atomic E-state index is 0.110. The number of benzene rings is 2. The van der Waals surface area contributed by atoms with E-state index in [0.29, 0.717) is 11.1 Å². The smallest absolute Gasteiger partial charge is 0.335 e. The van der Waals surface area contributed by atoms with Gasteiger partial charge in [0.05, 0.1) is 11.1 Å². The molecule has 0 spiro atoms. The number of hydrogen-bond acceptors (Lipinski definition) is 4. The molecule has 0 radical (unpaired) electrons. The average Bonchev–Trinajstić information content (AvgIpc) is 2.75. The Balaban J connectivity index is 1.92. The number of allylic oxidation sites excluding steroid dienone is 1. The van der Waals surface area contributed by atoms with E-state index in [0.717, 1.165) is 0 Å². The van der Waals surface area contributed by atoms with Crippen LogP contribution in [0.4, 0.5) is 0 Å². The fourth-order valence-electron chi connectivity index (χ4n) is 2.04. The molecule has 21 heavy (non-hydrogen) atoms. The van der Waals surface area contributed by atoms with E-state index in [9.17, 15) is 14.7 Å². The minimum Gasteiger partial charge on any atom is -0.872 e. The van der Waals surface area contributed by atoms with Crippen molar-refractivity contribution in [2.45, 2.75) is 0 Å². The molecule has 2 aromatic rings.